The largest absolute Gasteiger partial charge is 0.313 e. The summed E-state index contributed by atoms with van der Waals surface area (Å²) >= 11 is 6.01. The van der Waals surface area contributed by atoms with Gasteiger partial charge in [0, 0.05) is 11.1 Å². The van der Waals surface area contributed by atoms with E-state index in [9.17, 15) is 0 Å². The maximum absolute atomic E-state index is 6.01. The number of nitrogens with one attached hydrogen (secondary N) is 1. The highest BCUT2D eigenvalue weighted by Crippen LogP contribution is 2.28. The molecule has 18 heavy (non-hydrogen) atoms. The summed E-state index contributed by atoms with van der Waals surface area (Å²) < 4.78 is 0. The van der Waals surface area contributed by atoms with Crippen molar-refractivity contribution in [2.45, 2.75) is 53.0 Å². The number of benzene rings is 1. The Morgan fingerprint density at radius 3 is 2.44 bits per heavy atom. The first kappa shape index (κ1) is 15.5. The first-order chi connectivity index (χ1) is 8.33. The summed E-state index contributed by atoms with van der Waals surface area (Å²) in [6, 6.07) is 6.61. The zero-order valence-corrected chi connectivity index (χ0v) is 13.1. The molecule has 1 N–H and O–H groups in total. The standard InChI is InChI=1S/C16H26ClN/c1-12-11-13(17)8-9-14(12)15(18-5)7-6-10-16(2,3)4/h8-9,11,15,18H,6-7,10H2,1-5H3. The van der Waals surface area contributed by atoms with Gasteiger partial charge in [-0.05, 0) is 55.5 Å². The molecule has 0 aliphatic heterocycles. The Labute approximate surface area is 117 Å². The van der Waals surface area contributed by atoms with Crippen molar-refractivity contribution in [2.75, 3.05) is 7.05 Å². The fraction of sp³-hybridized carbons (Fsp3) is 0.625. The van der Waals surface area contributed by atoms with Gasteiger partial charge < -0.3 is 5.32 Å². The summed E-state index contributed by atoms with van der Waals surface area (Å²) in [5.41, 5.74) is 3.07. The fourth-order valence-corrected chi connectivity index (χ4v) is 2.55. The monoisotopic (exact) mass is 267 g/mol. The lowest BCUT2D eigenvalue weighted by atomic mass is 9.87. The van der Waals surface area contributed by atoms with Crippen LogP contribution in [-0.4, -0.2) is 7.05 Å². The van der Waals surface area contributed by atoms with Crippen molar-refractivity contribution in [3.8, 4) is 0 Å². The van der Waals surface area contributed by atoms with Crippen LogP contribution in [0, 0.1) is 12.3 Å². The second-order valence-corrected chi connectivity index (χ2v) is 6.73. The molecule has 0 spiro atoms. The Hall–Kier alpha value is -0.530. The number of aryl methyl sites for hydroxylation is 1. The summed E-state index contributed by atoms with van der Waals surface area (Å²) in [5.74, 6) is 0. The fourth-order valence-electron chi connectivity index (χ4n) is 2.32. The van der Waals surface area contributed by atoms with Gasteiger partial charge >= 0.3 is 0 Å². The van der Waals surface area contributed by atoms with Crippen LogP contribution in [0.4, 0.5) is 0 Å². The first-order valence-electron chi connectivity index (χ1n) is 6.77. The van der Waals surface area contributed by atoms with E-state index in [0.29, 0.717) is 11.5 Å². The third kappa shape index (κ3) is 4.99. The number of rotatable bonds is 5. The molecule has 0 aliphatic carbocycles. The van der Waals surface area contributed by atoms with Gasteiger partial charge in [-0.25, -0.2) is 0 Å². The molecular weight excluding hydrogens is 242 g/mol. The lowest BCUT2D eigenvalue weighted by Crippen LogP contribution is -2.18. The Morgan fingerprint density at radius 1 is 1.28 bits per heavy atom. The van der Waals surface area contributed by atoms with Crippen molar-refractivity contribution in [1.82, 2.24) is 5.32 Å². The van der Waals surface area contributed by atoms with Crippen LogP contribution in [0.2, 0.25) is 5.02 Å². The van der Waals surface area contributed by atoms with Gasteiger partial charge in [-0.3, -0.25) is 0 Å². The van der Waals surface area contributed by atoms with Crippen LogP contribution < -0.4 is 5.32 Å². The van der Waals surface area contributed by atoms with E-state index in [4.69, 9.17) is 11.6 Å². The summed E-state index contributed by atoms with van der Waals surface area (Å²) in [6.45, 7) is 9.04. The molecule has 0 aromatic heterocycles. The number of hydrogen-bond acceptors (Lipinski definition) is 1. The molecule has 1 rings (SSSR count). The van der Waals surface area contributed by atoms with E-state index in [1.165, 1.54) is 30.4 Å². The highest BCUT2D eigenvalue weighted by Gasteiger charge is 2.15. The van der Waals surface area contributed by atoms with Gasteiger partial charge in [0.2, 0.25) is 0 Å². The average molecular weight is 268 g/mol. The Bertz CT molecular complexity index is 379. The summed E-state index contributed by atoms with van der Waals surface area (Å²) in [4.78, 5) is 0. The maximum Gasteiger partial charge on any atom is 0.0408 e. The molecule has 2 heteroatoms. The van der Waals surface area contributed by atoms with E-state index in [-0.39, 0.29) is 0 Å². The minimum absolute atomic E-state index is 0.424. The minimum Gasteiger partial charge on any atom is -0.313 e. The molecule has 0 fully saturated rings. The van der Waals surface area contributed by atoms with E-state index >= 15 is 0 Å². The molecule has 1 nitrogen and oxygen atoms in total. The molecule has 0 saturated heterocycles. The quantitative estimate of drug-likeness (QED) is 0.780. The normalized spacial score (nSPS) is 13.7. The lowest BCUT2D eigenvalue weighted by molar-refractivity contribution is 0.347. The highest BCUT2D eigenvalue weighted by molar-refractivity contribution is 6.30. The van der Waals surface area contributed by atoms with Gasteiger partial charge in [0.15, 0.2) is 0 Å². The van der Waals surface area contributed by atoms with Gasteiger partial charge in [0.05, 0.1) is 0 Å². The third-order valence-electron chi connectivity index (χ3n) is 3.38. The van der Waals surface area contributed by atoms with Crippen molar-refractivity contribution < 1.29 is 0 Å². The SMILES string of the molecule is CNC(CCCC(C)(C)C)c1ccc(Cl)cc1C. The van der Waals surface area contributed by atoms with Crippen molar-refractivity contribution in [3.05, 3.63) is 34.3 Å². The molecule has 0 amide bonds. The van der Waals surface area contributed by atoms with E-state index in [2.05, 4.69) is 39.1 Å². The predicted molar refractivity (Wildman–Crippen MR) is 81.3 cm³/mol. The maximum atomic E-state index is 6.01. The summed E-state index contributed by atoms with van der Waals surface area (Å²) in [5, 5.41) is 4.24. The van der Waals surface area contributed by atoms with Gasteiger partial charge in [0.25, 0.3) is 0 Å². The van der Waals surface area contributed by atoms with Crippen LogP contribution in [0.3, 0.4) is 0 Å². The molecule has 0 bridgehead atoms. The van der Waals surface area contributed by atoms with Crippen molar-refractivity contribution in [3.63, 3.8) is 0 Å². The van der Waals surface area contributed by atoms with Crippen LogP contribution in [0.5, 0.6) is 0 Å². The molecule has 1 atom stereocenters. The molecule has 1 unspecified atom stereocenters. The van der Waals surface area contributed by atoms with Gasteiger partial charge in [-0.2, -0.15) is 0 Å². The summed E-state index contributed by atoms with van der Waals surface area (Å²) in [6.07, 6.45) is 3.69. The molecule has 0 radical (unpaired) electrons. The second-order valence-electron chi connectivity index (χ2n) is 6.30. The Balaban J connectivity index is 2.66. The Morgan fingerprint density at radius 2 is 1.94 bits per heavy atom. The second kappa shape index (κ2) is 6.58. The molecule has 102 valence electrons. The van der Waals surface area contributed by atoms with Gasteiger partial charge in [-0.1, -0.05) is 44.9 Å². The summed E-state index contributed by atoms with van der Waals surface area (Å²) in [7, 11) is 2.04. The lowest BCUT2D eigenvalue weighted by Gasteiger charge is -2.22. The molecule has 0 saturated carbocycles. The molecule has 1 aromatic rings. The molecular formula is C16H26ClN. The highest BCUT2D eigenvalue weighted by atomic mass is 35.5. The van der Waals surface area contributed by atoms with Crippen LogP contribution in [0.15, 0.2) is 18.2 Å². The molecule has 0 heterocycles. The van der Waals surface area contributed by atoms with E-state index in [1.807, 2.05) is 19.2 Å². The van der Waals surface area contributed by atoms with Crippen LogP contribution in [-0.2, 0) is 0 Å². The molecule has 0 aliphatic rings. The number of halogens is 1. The smallest absolute Gasteiger partial charge is 0.0408 e. The molecule has 1 aromatic carbocycles. The van der Waals surface area contributed by atoms with E-state index in [1.54, 1.807) is 0 Å². The van der Waals surface area contributed by atoms with Gasteiger partial charge in [0.1, 0.15) is 0 Å². The van der Waals surface area contributed by atoms with E-state index in [0.717, 1.165) is 5.02 Å². The van der Waals surface area contributed by atoms with E-state index < -0.39 is 0 Å². The van der Waals surface area contributed by atoms with Crippen molar-refractivity contribution in [2.24, 2.45) is 5.41 Å². The average Bonchev–Trinajstić information content (AvgIpc) is 2.24. The first-order valence-corrected chi connectivity index (χ1v) is 7.14. The minimum atomic E-state index is 0.424. The zero-order valence-electron chi connectivity index (χ0n) is 12.3. The third-order valence-corrected chi connectivity index (χ3v) is 3.61. The van der Waals surface area contributed by atoms with Crippen LogP contribution in [0.1, 0.15) is 57.2 Å². The topological polar surface area (TPSA) is 12.0 Å². The van der Waals surface area contributed by atoms with Crippen LogP contribution in [0.25, 0.3) is 0 Å². The zero-order chi connectivity index (χ0) is 13.8. The van der Waals surface area contributed by atoms with Crippen molar-refractivity contribution >= 4 is 11.6 Å². The van der Waals surface area contributed by atoms with Crippen LogP contribution >= 0.6 is 11.6 Å². The van der Waals surface area contributed by atoms with Gasteiger partial charge in [-0.15, -0.1) is 0 Å². The predicted octanol–water partition coefficient (Wildman–Crippen LogP) is 5.13. The van der Waals surface area contributed by atoms with Crippen molar-refractivity contribution in [1.29, 1.82) is 0 Å². The number of hydrogen-bond donors (Lipinski definition) is 1. The Kier molecular flexibility index (Phi) is 5.68.